The Balaban J connectivity index is 1.86. The molecule has 0 radical (unpaired) electrons. The smallest absolute Gasteiger partial charge is 0.139 e. The van der Waals surface area contributed by atoms with E-state index >= 15 is 0 Å². The van der Waals surface area contributed by atoms with Crippen LogP contribution < -0.4 is 5.73 Å². The normalized spacial score (nSPS) is 11.8. The number of nitrogens with two attached hydrogens (primary N) is 1. The van der Waals surface area contributed by atoms with E-state index < -0.39 is 8.07 Å². The van der Waals surface area contributed by atoms with Gasteiger partial charge in [-0.15, -0.1) is 0 Å². The Morgan fingerprint density at radius 2 is 2.00 bits per heavy atom. The molecule has 22 heavy (non-hydrogen) atoms. The Bertz CT molecular complexity index is 602. The van der Waals surface area contributed by atoms with E-state index in [0.717, 1.165) is 24.2 Å². The molecule has 0 atom stereocenters. The number of ether oxygens (including phenoxy) is 1. The van der Waals surface area contributed by atoms with Gasteiger partial charge in [-0.1, -0.05) is 31.2 Å². The third-order valence-electron chi connectivity index (χ3n) is 3.29. The van der Waals surface area contributed by atoms with Gasteiger partial charge in [0.05, 0.1) is 6.20 Å². The number of nitrogens with zero attached hydrogens (tertiary/aromatic N) is 2. The van der Waals surface area contributed by atoms with E-state index in [0.29, 0.717) is 17.4 Å². The minimum absolute atomic E-state index is 0.502. The zero-order valence-corrected chi connectivity index (χ0v) is 15.2. The predicted molar refractivity (Wildman–Crippen MR) is 95.0 cm³/mol. The zero-order valence-electron chi connectivity index (χ0n) is 13.5. The summed E-state index contributed by atoms with van der Waals surface area (Å²) in [7, 11) is -1.03. The van der Waals surface area contributed by atoms with Crippen molar-refractivity contribution in [1.82, 2.24) is 9.78 Å². The molecule has 0 aliphatic rings. The van der Waals surface area contributed by atoms with Crippen LogP contribution in [0.1, 0.15) is 11.1 Å². The quantitative estimate of drug-likeness (QED) is 0.471. The van der Waals surface area contributed by atoms with Gasteiger partial charge in [0, 0.05) is 38.0 Å². The summed E-state index contributed by atoms with van der Waals surface area (Å²) in [4.78, 5) is 0. The summed E-state index contributed by atoms with van der Waals surface area (Å²) in [6, 6.07) is 6.79. The number of aromatic nitrogens is 2. The number of benzene rings is 1. The Kier molecular flexibility index (Phi) is 5.67. The second-order valence-corrected chi connectivity index (χ2v) is 12.9. The summed E-state index contributed by atoms with van der Waals surface area (Å²) >= 11 is 6.03. The van der Waals surface area contributed by atoms with Crippen molar-refractivity contribution in [3.8, 4) is 0 Å². The molecule has 6 heteroatoms. The molecule has 2 N–H and O–H groups in total. The van der Waals surface area contributed by atoms with Gasteiger partial charge in [-0.3, -0.25) is 0 Å². The Labute approximate surface area is 138 Å². The lowest BCUT2D eigenvalue weighted by Crippen LogP contribution is -2.22. The lowest BCUT2D eigenvalue weighted by atomic mass is 10.1. The number of anilines is 1. The van der Waals surface area contributed by atoms with Gasteiger partial charge in [0.2, 0.25) is 0 Å². The zero-order chi connectivity index (χ0) is 16.2. The monoisotopic (exact) mass is 337 g/mol. The van der Waals surface area contributed by atoms with Crippen LogP contribution in [0.5, 0.6) is 0 Å². The highest BCUT2D eigenvalue weighted by molar-refractivity contribution is 6.76. The molecule has 0 spiro atoms. The van der Waals surface area contributed by atoms with Gasteiger partial charge in [0.1, 0.15) is 6.73 Å². The maximum atomic E-state index is 6.03. The lowest BCUT2D eigenvalue weighted by Gasteiger charge is -2.15. The molecule has 2 aromatic rings. The van der Waals surface area contributed by atoms with Crippen molar-refractivity contribution in [3.05, 3.63) is 46.7 Å². The van der Waals surface area contributed by atoms with Gasteiger partial charge < -0.3 is 10.5 Å². The first-order valence-electron chi connectivity index (χ1n) is 7.46. The Morgan fingerprint density at radius 1 is 1.23 bits per heavy atom. The molecule has 1 aromatic heterocycles. The van der Waals surface area contributed by atoms with Crippen LogP contribution in [0.4, 0.5) is 5.69 Å². The third-order valence-corrected chi connectivity index (χ3v) is 5.22. The van der Waals surface area contributed by atoms with E-state index in [1.807, 2.05) is 29.2 Å². The highest BCUT2D eigenvalue weighted by atomic mass is 35.5. The molecular weight excluding hydrogens is 314 g/mol. The molecule has 0 fully saturated rings. The van der Waals surface area contributed by atoms with Crippen molar-refractivity contribution in [2.24, 2.45) is 0 Å². The molecule has 0 amide bonds. The fraction of sp³-hybridized carbons (Fsp3) is 0.438. The van der Waals surface area contributed by atoms with Crippen LogP contribution >= 0.6 is 11.6 Å². The van der Waals surface area contributed by atoms with E-state index in [9.17, 15) is 0 Å². The second kappa shape index (κ2) is 7.31. The number of hydrogen-bond acceptors (Lipinski definition) is 3. The minimum Gasteiger partial charge on any atom is -0.399 e. The SMILES string of the molecule is C[Si](C)(C)CCOCn1cc(Cc2cc(N)cc(Cl)c2)cn1. The molecule has 0 aliphatic heterocycles. The molecule has 1 heterocycles. The van der Waals surface area contributed by atoms with E-state index in [4.69, 9.17) is 22.1 Å². The van der Waals surface area contributed by atoms with Crippen molar-refractivity contribution < 1.29 is 4.74 Å². The van der Waals surface area contributed by atoms with Crippen LogP contribution in [0.3, 0.4) is 0 Å². The fourth-order valence-corrected chi connectivity index (χ4v) is 3.14. The number of nitrogen functional groups attached to an aromatic ring is 1. The van der Waals surface area contributed by atoms with Crippen molar-refractivity contribution in [1.29, 1.82) is 0 Å². The number of rotatable bonds is 7. The largest absolute Gasteiger partial charge is 0.399 e. The first-order valence-corrected chi connectivity index (χ1v) is 11.5. The first-order chi connectivity index (χ1) is 10.3. The van der Waals surface area contributed by atoms with Gasteiger partial charge in [-0.2, -0.15) is 5.10 Å². The van der Waals surface area contributed by atoms with E-state index in [-0.39, 0.29) is 0 Å². The van der Waals surface area contributed by atoms with Crippen molar-refractivity contribution in [2.75, 3.05) is 12.3 Å². The van der Waals surface area contributed by atoms with Gasteiger partial charge in [-0.05, 0) is 35.4 Å². The van der Waals surface area contributed by atoms with Crippen LogP contribution in [0.15, 0.2) is 30.6 Å². The van der Waals surface area contributed by atoms with Gasteiger partial charge in [0.15, 0.2) is 0 Å². The van der Waals surface area contributed by atoms with Crippen LogP contribution in [-0.2, 0) is 17.9 Å². The highest BCUT2D eigenvalue weighted by Crippen LogP contribution is 2.19. The van der Waals surface area contributed by atoms with Crippen LogP contribution in [0, 0.1) is 0 Å². The molecule has 2 rings (SSSR count). The summed E-state index contributed by atoms with van der Waals surface area (Å²) in [5.41, 5.74) is 8.71. The van der Waals surface area contributed by atoms with Gasteiger partial charge in [0.25, 0.3) is 0 Å². The Hall–Kier alpha value is -1.30. The molecule has 4 nitrogen and oxygen atoms in total. The maximum Gasteiger partial charge on any atom is 0.139 e. The van der Waals surface area contributed by atoms with E-state index in [2.05, 4.69) is 24.7 Å². The first kappa shape index (κ1) is 17.1. The standard InChI is InChI=1S/C16H24ClN3OSi/c1-22(2,3)5-4-21-12-20-11-14(10-19-20)6-13-7-15(17)9-16(18)8-13/h7-11H,4-6,12,18H2,1-3H3. The summed E-state index contributed by atoms with van der Waals surface area (Å²) in [6.45, 7) is 8.34. The summed E-state index contributed by atoms with van der Waals surface area (Å²) < 4.78 is 7.52. The van der Waals surface area contributed by atoms with Crippen molar-refractivity contribution in [2.45, 2.75) is 38.8 Å². The fourth-order valence-electron chi connectivity index (χ4n) is 2.12. The van der Waals surface area contributed by atoms with E-state index in [1.165, 1.54) is 6.04 Å². The average molecular weight is 338 g/mol. The number of halogens is 1. The summed E-state index contributed by atoms with van der Waals surface area (Å²) in [5.74, 6) is 0. The lowest BCUT2D eigenvalue weighted by molar-refractivity contribution is 0.0785. The van der Waals surface area contributed by atoms with Gasteiger partial charge >= 0.3 is 0 Å². The molecule has 0 bridgehead atoms. The van der Waals surface area contributed by atoms with Crippen LogP contribution in [-0.4, -0.2) is 24.5 Å². The minimum atomic E-state index is -1.03. The predicted octanol–water partition coefficient (Wildman–Crippen LogP) is 4.02. The molecule has 0 saturated carbocycles. The van der Waals surface area contributed by atoms with Crippen LogP contribution in [0.2, 0.25) is 30.7 Å². The van der Waals surface area contributed by atoms with Crippen molar-refractivity contribution in [3.63, 3.8) is 0 Å². The average Bonchev–Trinajstić information content (AvgIpc) is 2.80. The Morgan fingerprint density at radius 3 is 2.68 bits per heavy atom. The highest BCUT2D eigenvalue weighted by Gasteiger charge is 2.12. The molecule has 0 unspecified atom stereocenters. The summed E-state index contributed by atoms with van der Waals surface area (Å²) in [5, 5.41) is 4.99. The second-order valence-electron chi connectivity index (χ2n) is 6.81. The van der Waals surface area contributed by atoms with E-state index in [1.54, 1.807) is 6.07 Å². The van der Waals surface area contributed by atoms with Crippen molar-refractivity contribution >= 4 is 25.4 Å². The summed E-state index contributed by atoms with van der Waals surface area (Å²) in [6.07, 6.45) is 4.63. The molecule has 1 aromatic carbocycles. The third kappa shape index (κ3) is 5.83. The molecular formula is C16H24ClN3OSi. The number of hydrogen-bond donors (Lipinski definition) is 1. The van der Waals surface area contributed by atoms with Crippen LogP contribution in [0.25, 0.3) is 0 Å². The molecule has 0 aliphatic carbocycles. The molecule has 0 saturated heterocycles. The topological polar surface area (TPSA) is 53.1 Å². The molecule has 120 valence electrons. The maximum absolute atomic E-state index is 6.03. The van der Waals surface area contributed by atoms with Gasteiger partial charge in [-0.25, -0.2) is 4.68 Å².